The van der Waals surface area contributed by atoms with Crippen LogP contribution in [0.15, 0.2) is 65.9 Å². The molecule has 4 atom stereocenters. The average Bonchev–Trinajstić information content (AvgIpc) is 4.05. The van der Waals surface area contributed by atoms with Crippen LogP contribution in [0.2, 0.25) is 0 Å². The summed E-state index contributed by atoms with van der Waals surface area (Å²) in [6, 6.07) is 15.0. The minimum atomic E-state index is -0.689. The lowest BCUT2D eigenvalue weighted by Gasteiger charge is -2.36. The third-order valence-electron chi connectivity index (χ3n) is 11.3. The smallest absolute Gasteiger partial charge is 0.407 e. The monoisotopic (exact) mass is 789 g/mol. The van der Waals surface area contributed by atoms with Crippen molar-refractivity contribution in [3.8, 4) is 39.8 Å². The van der Waals surface area contributed by atoms with E-state index in [0.29, 0.717) is 19.0 Å². The number of H-pyrrole nitrogens is 2. The Morgan fingerprint density at radius 1 is 0.897 bits per heavy atom. The molecule has 2 aliphatic rings. The highest BCUT2D eigenvalue weighted by molar-refractivity contribution is 5.89. The maximum Gasteiger partial charge on any atom is 0.407 e. The zero-order chi connectivity index (χ0) is 41.7. The van der Waals surface area contributed by atoms with Crippen LogP contribution in [-0.4, -0.2) is 105 Å². The van der Waals surface area contributed by atoms with Crippen LogP contribution in [0.4, 0.5) is 4.79 Å². The van der Waals surface area contributed by atoms with Crippen molar-refractivity contribution in [2.45, 2.75) is 84.0 Å². The molecule has 4 aromatic rings. The predicted molar refractivity (Wildman–Crippen MR) is 222 cm³/mol. The maximum atomic E-state index is 14.1. The van der Waals surface area contributed by atoms with Crippen molar-refractivity contribution in [2.24, 2.45) is 16.8 Å². The number of likely N-dealkylation sites (tertiary alicyclic amines) is 2. The molecule has 0 saturated carbocycles. The van der Waals surface area contributed by atoms with E-state index < -0.39 is 23.7 Å². The zero-order valence-corrected chi connectivity index (χ0v) is 34.7. The molecular formula is C43H55N11O4. The number of nitrogens with one attached hydrogen (secondary N) is 4. The van der Waals surface area contributed by atoms with Gasteiger partial charge in [-0.25, -0.2) is 19.8 Å². The summed E-state index contributed by atoms with van der Waals surface area (Å²) in [5, 5.41) is 14.5. The number of hydrogen-bond acceptors (Lipinski definition) is 8. The van der Waals surface area contributed by atoms with Gasteiger partial charge in [0.2, 0.25) is 17.8 Å². The number of aliphatic imine (C=N–C) groups is 1. The molecule has 0 unspecified atom stereocenters. The van der Waals surface area contributed by atoms with Gasteiger partial charge in [-0.15, -0.1) is 0 Å². The number of amides is 3. The minimum absolute atomic E-state index is 0.0810. The zero-order valence-electron chi connectivity index (χ0n) is 34.7. The van der Waals surface area contributed by atoms with E-state index in [1.165, 1.54) is 7.11 Å². The van der Waals surface area contributed by atoms with E-state index in [4.69, 9.17) is 9.72 Å². The van der Waals surface area contributed by atoms with Gasteiger partial charge in [0.05, 0.1) is 42.5 Å². The number of carbonyl (C=O) groups is 3. The van der Waals surface area contributed by atoms with Crippen LogP contribution >= 0.6 is 0 Å². The molecule has 15 heteroatoms. The Morgan fingerprint density at radius 3 is 2.07 bits per heavy atom. The number of nitriles is 1. The fourth-order valence-electron chi connectivity index (χ4n) is 7.92. The fraction of sp³-hybridized carbons (Fsp3) is 0.465. The lowest BCUT2D eigenvalue weighted by molar-refractivity contribution is -0.138. The van der Waals surface area contributed by atoms with Crippen LogP contribution in [0, 0.1) is 23.3 Å². The highest BCUT2D eigenvalue weighted by Gasteiger charge is 2.46. The summed E-state index contributed by atoms with van der Waals surface area (Å²) in [5.74, 6) is 1.38. The number of nitrogens with zero attached hydrogens (tertiary/aromatic N) is 7. The molecule has 0 bridgehead atoms. The first-order valence-electron chi connectivity index (χ1n) is 19.9. The quantitative estimate of drug-likeness (QED) is 0.0609. The largest absolute Gasteiger partial charge is 0.453 e. The Kier molecular flexibility index (Phi) is 12.5. The number of methoxy groups -OCH3 is 1. The molecular weight excluding hydrogens is 735 g/mol. The molecule has 6 rings (SSSR count). The van der Waals surface area contributed by atoms with Gasteiger partial charge in [0, 0.05) is 27.2 Å². The van der Waals surface area contributed by atoms with Crippen molar-refractivity contribution >= 4 is 23.9 Å². The molecule has 0 radical (unpaired) electrons. The molecule has 3 amide bonds. The van der Waals surface area contributed by atoms with Crippen molar-refractivity contribution < 1.29 is 19.1 Å². The second-order valence-corrected chi connectivity index (χ2v) is 16.2. The van der Waals surface area contributed by atoms with E-state index in [-0.39, 0.29) is 29.7 Å². The van der Waals surface area contributed by atoms with E-state index in [0.717, 1.165) is 71.0 Å². The number of rotatable bonds is 11. The number of benzene rings is 2. The molecule has 4 N–H and O–H groups in total. The standard InChI is InChI=1S/C43H55N11O4/c1-26(2)35(51-42(57)58-8)38(55)53-21-9-11-34(53)37-45-23-32(48-37)30-16-12-28(13-17-30)29-14-18-31(19-15-29)33-24-46-40(49-33)43(5)20-10-22-54(43)39(56)36(27(3)4)50-41(47-25-44)52(6)7/h12-19,23-24,26-27,34-36H,9-11,20-22H2,1-8H3,(H,45,48)(H,46,49)(H,47,50)(H,51,57)/t34-,35+,36+,43-/m1/s1. The highest BCUT2D eigenvalue weighted by Crippen LogP contribution is 2.39. The molecule has 2 saturated heterocycles. The first-order chi connectivity index (χ1) is 27.7. The molecule has 306 valence electrons. The van der Waals surface area contributed by atoms with Gasteiger partial charge in [0.15, 0.2) is 6.19 Å². The van der Waals surface area contributed by atoms with E-state index in [1.807, 2.05) is 49.9 Å². The van der Waals surface area contributed by atoms with Gasteiger partial charge in [-0.1, -0.05) is 76.2 Å². The number of guanidine groups is 1. The number of aromatic nitrogens is 4. The normalized spacial score (nSPS) is 19.3. The van der Waals surface area contributed by atoms with Gasteiger partial charge in [-0.2, -0.15) is 5.26 Å². The summed E-state index contributed by atoms with van der Waals surface area (Å²) in [5.41, 5.74) is 5.16. The molecule has 0 spiro atoms. The number of alkyl carbamates (subject to hydrolysis) is 1. The van der Waals surface area contributed by atoms with Gasteiger partial charge in [0.1, 0.15) is 23.7 Å². The molecule has 0 aliphatic carbocycles. The highest BCUT2D eigenvalue weighted by atomic mass is 16.5. The van der Waals surface area contributed by atoms with Gasteiger partial charge in [-0.05, 0) is 66.7 Å². The first kappa shape index (κ1) is 41.5. The van der Waals surface area contributed by atoms with E-state index >= 15 is 0 Å². The summed E-state index contributed by atoms with van der Waals surface area (Å²) in [6.07, 6.45) is 8.16. The molecule has 15 nitrogen and oxygen atoms in total. The van der Waals surface area contributed by atoms with Crippen molar-refractivity contribution in [3.63, 3.8) is 0 Å². The number of hydrogen-bond donors (Lipinski definition) is 4. The Hall–Kier alpha value is -6.17. The van der Waals surface area contributed by atoms with Crippen molar-refractivity contribution in [1.82, 2.24) is 45.3 Å². The summed E-state index contributed by atoms with van der Waals surface area (Å²) in [6.45, 7) is 11.0. The van der Waals surface area contributed by atoms with Gasteiger partial charge >= 0.3 is 6.09 Å². The van der Waals surface area contributed by atoms with Crippen molar-refractivity contribution in [1.29, 1.82) is 5.26 Å². The van der Waals surface area contributed by atoms with Gasteiger partial charge in [0.25, 0.3) is 0 Å². The average molecular weight is 790 g/mol. The van der Waals surface area contributed by atoms with Crippen molar-refractivity contribution in [3.05, 3.63) is 72.6 Å². The van der Waals surface area contributed by atoms with Crippen LogP contribution in [-0.2, 0) is 19.9 Å². The second kappa shape index (κ2) is 17.5. The lowest BCUT2D eigenvalue weighted by atomic mass is 9.95. The molecule has 2 aliphatic heterocycles. The number of carbonyl (C=O) groups excluding carboxylic acids is 3. The van der Waals surface area contributed by atoms with Gasteiger partial charge in [-0.3, -0.25) is 14.9 Å². The van der Waals surface area contributed by atoms with Crippen molar-refractivity contribution in [2.75, 3.05) is 34.3 Å². The van der Waals surface area contributed by atoms with E-state index in [2.05, 4.69) is 86.0 Å². The second-order valence-electron chi connectivity index (χ2n) is 16.2. The van der Waals surface area contributed by atoms with Crippen LogP contribution in [0.25, 0.3) is 33.6 Å². The van der Waals surface area contributed by atoms with Crippen LogP contribution in [0.5, 0.6) is 0 Å². The third kappa shape index (κ3) is 8.56. The Labute approximate surface area is 340 Å². The van der Waals surface area contributed by atoms with Crippen LogP contribution in [0.3, 0.4) is 0 Å². The molecule has 58 heavy (non-hydrogen) atoms. The minimum Gasteiger partial charge on any atom is -0.453 e. The number of imidazole rings is 2. The molecule has 2 fully saturated rings. The number of aromatic amines is 2. The topological polar surface area (TPSA) is 188 Å². The molecule has 2 aromatic heterocycles. The summed E-state index contributed by atoms with van der Waals surface area (Å²) < 4.78 is 4.76. The van der Waals surface area contributed by atoms with Gasteiger partial charge < -0.3 is 34.7 Å². The number of ether oxygens (including phenoxy) is 1. The summed E-state index contributed by atoms with van der Waals surface area (Å²) >= 11 is 0. The van der Waals surface area contributed by atoms with Crippen LogP contribution in [0.1, 0.15) is 78.0 Å². The SMILES string of the molecule is COC(=O)N[C@H](C(=O)N1CCC[C@@H]1c1ncc(-c2ccc(-c3ccc(-c4cnc([C@@]5(C)CCCN5C(=O)[C@@H](N=C(NC#N)N(C)C)C(C)C)[nH]4)cc3)cc2)[nH]1)C(C)C. The Morgan fingerprint density at radius 2 is 1.50 bits per heavy atom. The Bertz CT molecular complexity index is 2150. The van der Waals surface area contributed by atoms with E-state index in [1.54, 1.807) is 25.2 Å². The Balaban J connectivity index is 1.13. The van der Waals surface area contributed by atoms with E-state index in [9.17, 15) is 19.6 Å². The fourth-order valence-corrected chi connectivity index (χ4v) is 7.92. The molecule has 4 heterocycles. The summed E-state index contributed by atoms with van der Waals surface area (Å²) in [7, 11) is 4.86. The summed E-state index contributed by atoms with van der Waals surface area (Å²) in [4.78, 5) is 66.1. The first-order valence-corrected chi connectivity index (χ1v) is 19.9. The molecule has 2 aromatic carbocycles. The third-order valence-corrected chi connectivity index (χ3v) is 11.3. The maximum absolute atomic E-state index is 14.1. The lowest BCUT2D eigenvalue weighted by Crippen LogP contribution is -2.51. The predicted octanol–water partition coefficient (Wildman–Crippen LogP) is 6.03. The van der Waals surface area contributed by atoms with Crippen LogP contribution < -0.4 is 10.6 Å².